The third-order valence-electron chi connectivity index (χ3n) is 1.43. The molecule has 1 heteroatoms. The average molecular weight is 211 g/mol. The molecule has 0 aliphatic rings. The summed E-state index contributed by atoms with van der Waals surface area (Å²) in [5, 5.41) is 0. The zero-order chi connectivity index (χ0) is 8.10. The van der Waals surface area contributed by atoms with Gasteiger partial charge in [-0.3, -0.25) is 0 Å². The molecule has 0 amide bonds. The van der Waals surface area contributed by atoms with E-state index in [0.717, 1.165) is 0 Å². The summed E-state index contributed by atoms with van der Waals surface area (Å²) in [5.41, 5.74) is 0. The molecule has 0 aliphatic carbocycles. The summed E-state index contributed by atoms with van der Waals surface area (Å²) < 4.78 is 2.94. The van der Waals surface area contributed by atoms with Gasteiger partial charge >= 0.3 is 74.1 Å². The predicted octanol–water partition coefficient (Wildman–Crippen LogP) is 1.94. The van der Waals surface area contributed by atoms with Crippen LogP contribution in [-0.2, 0) is 0 Å². The van der Waals surface area contributed by atoms with Crippen molar-refractivity contribution >= 4 is 19.4 Å². The van der Waals surface area contributed by atoms with Crippen LogP contribution >= 0.6 is 0 Å². The van der Waals surface area contributed by atoms with E-state index in [4.69, 9.17) is 0 Å². The van der Waals surface area contributed by atoms with Crippen LogP contribution in [0.5, 0.6) is 0 Å². The van der Waals surface area contributed by atoms with Crippen molar-refractivity contribution in [3.05, 3.63) is 40.9 Å². The Hall–Kier alpha value is -0.521. The van der Waals surface area contributed by atoms with E-state index in [9.17, 15) is 0 Å². The van der Waals surface area contributed by atoms with Gasteiger partial charge in [-0.15, -0.1) is 0 Å². The second kappa shape index (κ2) is 4.38. The van der Waals surface area contributed by atoms with Gasteiger partial charge in [0.1, 0.15) is 0 Å². The van der Waals surface area contributed by atoms with E-state index in [1.165, 1.54) is 8.93 Å². The molecule has 0 radical (unpaired) electrons. The molecule has 0 saturated carbocycles. The maximum atomic E-state index is 2.19. The quantitative estimate of drug-likeness (QED) is 0.656. The number of hydrogen-bond acceptors (Lipinski definition) is 0. The van der Waals surface area contributed by atoms with Gasteiger partial charge in [0.25, 0.3) is 0 Å². The first-order valence-corrected chi connectivity index (χ1v) is 5.40. The fourth-order valence-corrected chi connectivity index (χ4v) is 2.38. The van der Waals surface area contributed by atoms with Crippen LogP contribution in [0.2, 0.25) is 0 Å². The molecule has 0 N–H and O–H groups in total. The van der Waals surface area contributed by atoms with Gasteiger partial charge in [0.2, 0.25) is 0 Å². The van der Waals surface area contributed by atoms with Gasteiger partial charge < -0.3 is 0 Å². The topological polar surface area (TPSA) is 0 Å². The zero-order valence-corrected chi connectivity index (χ0v) is 8.59. The molecule has 0 aliphatic heterocycles. The van der Waals surface area contributed by atoms with Gasteiger partial charge in [-0.05, 0) is 0 Å². The Kier molecular flexibility index (Phi) is 3.41. The SMILES string of the molecule is CC=C(C)[Se]c1ccccc1. The molecule has 0 bridgehead atoms. The Labute approximate surface area is 74.5 Å². The summed E-state index contributed by atoms with van der Waals surface area (Å²) >= 11 is 0.538. The van der Waals surface area contributed by atoms with E-state index in [-0.39, 0.29) is 0 Å². The molecule has 0 nitrogen and oxygen atoms in total. The van der Waals surface area contributed by atoms with Crippen molar-refractivity contribution in [3.8, 4) is 0 Å². The zero-order valence-electron chi connectivity index (χ0n) is 6.87. The standard InChI is InChI=1S/C10H12Se/c1-3-9(2)11-10-7-5-4-6-8-10/h3-8H,1-2H3. The van der Waals surface area contributed by atoms with Gasteiger partial charge in [0.05, 0.1) is 0 Å². The molecule has 0 saturated heterocycles. The first-order valence-electron chi connectivity index (χ1n) is 3.68. The summed E-state index contributed by atoms with van der Waals surface area (Å²) in [6.07, 6.45) is 2.19. The normalized spacial score (nSPS) is 11.6. The van der Waals surface area contributed by atoms with Crippen LogP contribution in [0, 0.1) is 0 Å². The number of rotatable bonds is 2. The van der Waals surface area contributed by atoms with Crippen molar-refractivity contribution < 1.29 is 0 Å². The van der Waals surface area contributed by atoms with Gasteiger partial charge in [-0.1, -0.05) is 0 Å². The molecule has 0 aromatic heterocycles. The average Bonchev–Trinajstić information content (AvgIpc) is 2.06. The first-order chi connectivity index (χ1) is 5.33. The number of allylic oxidation sites excluding steroid dienone is 2. The van der Waals surface area contributed by atoms with E-state index < -0.39 is 0 Å². The van der Waals surface area contributed by atoms with Crippen molar-refractivity contribution in [2.45, 2.75) is 13.8 Å². The molecule has 1 aromatic carbocycles. The van der Waals surface area contributed by atoms with Gasteiger partial charge in [0, 0.05) is 0 Å². The van der Waals surface area contributed by atoms with E-state index >= 15 is 0 Å². The van der Waals surface area contributed by atoms with E-state index in [2.05, 4.69) is 50.3 Å². The van der Waals surface area contributed by atoms with Crippen LogP contribution in [0.4, 0.5) is 0 Å². The fraction of sp³-hybridized carbons (Fsp3) is 0.200. The van der Waals surface area contributed by atoms with Crippen molar-refractivity contribution in [3.63, 3.8) is 0 Å². The Balaban J connectivity index is 2.65. The molecule has 0 spiro atoms. The third kappa shape index (κ3) is 2.92. The van der Waals surface area contributed by atoms with Crippen LogP contribution in [0.3, 0.4) is 0 Å². The Morgan fingerprint density at radius 3 is 2.45 bits per heavy atom. The fourth-order valence-electron chi connectivity index (χ4n) is 0.733. The molecule has 0 fully saturated rings. The number of hydrogen-bond donors (Lipinski definition) is 0. The molecule has 11 heavy (non-hydrogen) atoms. The van der Waals surface area contributed by atoms with Gasteiger partial charge in [-0.2, -0.15) is 0 Å². The summed E-state index contributed by atoms with van der Waals surface area (Å²) in [7, 11) is 0. The van der Waals surface area contributed by atoms with E-state index in [0.29, 0.717) is 15.0 Å². The monoisotopic (exact) mass is 212 g/mol. The third-order valence-corrected chi connectivity index (χ3v) is 3.66. The molecule has 0 heterocycles. The van der Waals surface area contributed by atoms with Crippen LogP contribution in [0.15, 0.2) is 40.9 Å². The maximum absolute atomic E-state index is 2.19. The van der Waals surface area contributed by atoms with Gasteiger partial charge in [0.15, 0.2) is 0 Å². The minimum atomic E-state index is 0.538. The second-order valence-electron chi connectivity index (χ2n) is 2.31. The Morgan fingerprint density at radius 2 is 1.91 bits per heavy atom. The van der Waals surface area contributed by atoms with E-state index in [1.54, 1.807) is 0 Å². The summed E-state index contributed by atoms with van der Waals surface area (Å²) in [4.78, 5) is 0. The van der Waals surface area contributed by atoms with Crippen LogP contribution in [0.25, 0.3) is 0 Å². The molecule has 0 unspecified atom stereocenters. The predicted molar refractivity (Wildman–Crippen MR) is 51.3 cm³/mol. The van der Waals surface area contributed by atoms with Crippen LogP contribution in [-0.4, -0.2) is 15.0 Å². The molecular formula is C10H12Se. The summed E-state index contributed by atoms with van der Waals surface area (Å²) in [6.45, 7) is 4.28. The van der Waals surface area contributed by atoms with E-state index in [1.807, 2.05) is 0 Å². The minimum absolute atomic E-state index is 0.538. The Bertz CT molecular complexity index is 236. The summed E-state index contributed by atoms with van der Waals surface area (Å²) in [5.74, 6) is 0. The molecule has 58 valence electrons. The van der Waals surface area contributed by atoms with Crippen molar-refractivity contribution in [2.24, 2.45) is 0 Å². The molecule has 1 rings (SSSR count). The number of benzene rings is 1. The van der Waals surface area contributed by atoms with Gasteiger partial charge in [-0.25, -0.2) is 0 Å². The summed E-state index contributed by atoms with van der Waals surface area (Å²) in [6, 6.07) is 10.6. The first kappa shape index (κ1) is 8.57. The molecule has 0 atom stereocenters. The molecule has 1 aromatic rings. The van der Waals surface area contributed by atoms with Crippen molar-refractivity contribution in [1.82, 2.24) is 0 Å². The molecular weight excluding hydrogens is 199 g/mol. The van der Waals surface area contributed by atoms with Crippen LogP contribution in [0.1, 0.15) is 13.8 Å². The second-order valence-corrected chi connectivity index (χ2v) is 5.08. The van der Waals surface area contributed by atoms with Crippen LogP contribution < -0.4 is 4.46 Å². The van der Waals surface area contributed by atoms with Crippen molar-refractivity contribution in [2.75, 3.05) is 0 Å². The Morgan fingerprint density at radius 1 is 1.27 bits per heavy atom. The van der Waals surface area contributed by atoms with Crippen molar-refractivity contribution in [1.29, 1.82) is 0 Å².